The Morgan fingerprint density at radius 1 is 1.22 bits per heavy atom. The Kier molecular flexibility index (Phi) is 5.03. The molecule has 0 unspecified atom stereocenters. The Morgan fingerprint density at radius 3 is 2.57 bits per heavy atom. The lowest BCUT2D eigenvalue weighted by Crippen LogP contribution is -2.35. The molecule has 23 heavy (non-hydrogen) atoms. The molecule has 0 aliphatic carbocycles. The molecule has 3 rings (SSSR count). The number of rotatable bonds is 2. The van der Waals surface area contributed by atoms with Gasteiger partial charge in [-0.05, 0) is 25.5 Å². The molecule has 1 aliphatic heterocycles. The van der Waals surface area contributed by atoms with Gasteiger partial charge < -0.3 is 5.32 Å². The smallest absolute Gasteiger partial charge is 0.268 e. The van der Waals surface area contributed by atoms with E-state index < -0.39 is 10.0 Å². The van der Waals surface area contributed by atoms with E-state index in [1.165, 1.54) is 4.31 Å². The molecule has 1 aliphatic rings. The lowest BCUT2D eigenvalue weighted by molar-refractivity contribution is 0.588. The Morgan fingerprint density at radius 2 is 1.91 bits per heavy atom. The molecule has 2 aromatic rings. The van der Waals surface area contributed by atoms with E-state index in [-0.39, 0.29) is 12.4 Å². The van der Waals surface area contributed by atoms with Crippen molar-refractivity contribution in [3.63, 3.8) is 0 Å². The number of nitrogens with one attached hydrogen (secondary N) is 1. The number of sulfonamides is 1. The van der Waals surface area contributed by atoms with Crippen LogP contribution in [-0.4, -0.2) is 31.3 Å². The van der Waals surface area contributed by atoms with Gasteiger partial charge in [-0.2, -0.15) is 5.10 Å². The molecule has 0 spiro atoms. The van der Waals surface area contributed by atoms with Crippen LogP contribution in [-0.2, 0) is 23.6 Å². The number of benzene rings is 1. The minimum Gasteiger partial charge on any atom is -0.311 e. The summed E-state index contributed by atoms with van der Waals surface area (Å²) in [4.78, 5) is 0.312. The number of aryl methyl sites for hydroxylation is 2. The second-order valence-electron chi connectivity index (χ2n) is 5.51. The number of halogens is 1. The summed E-state index contributed by atoms with van der Waals surface area (Å²) in [7, 11) is -1.87. The molecule has 0 fully saturated rings. The summed E-state index contributed by atoms with van der Waals surface area (Å²) < 4.78 is 29.5. The summed E-state index contributed by atoms with van der Waals surface area (Å²) in [5.74, 6) is 0. The molecule has 0 atom stereocenters. The number of nitrogens with zero attached hydrogens (tertiary/aromatic N) is 3. The molecule has 1 aromatic heterocycles. The van der Waals surface area contributed by atoms with Gasteiger partial charge in [0.15, 0.2) is 0 Å². The zero-order valence-corrected chi connectivity index (χ0v) is 15.0. The van der Waals surface area contributed by atoms with E-state index in [9.17, 15) is 8.42 Å². The highest BCUT2D eigenvalue weighted by Crippen LogP contribution is 2.30. The van der Waals surface area contributed by atoms with Crippen molar-refractivity contribution in [3.8, 4) is 0 Å². The van der Waals surface area contributed by atoms with Gasteiger partial charge in [0.05, 0.1) is 17.1 Å². The van der Waals surface area contributed by atoms with Crippen molar-refractivity contribution in [1.29, 1.82) is 0 Å². The molecular weight excluding hydrogens is 336 g/mol. The van der Waals surface area contributed by atoms with Gasteiger partial charge >= 0.3 is 0 Å². The number of para-hydroxylation sites is 1. The van der Waals surface area contributed by atoms with Gasteiger partial charge in [-0.1, -0.05) is 18.2 Å². The van der Waals surface area contributed by atoms with Crippen LogP contribution in [0, 0.1) is 13.8 Å². The average Bonchev–Trinajstić information content (AvgIpc) is 2.66. The first kappa shape index (κ1) is 17.8. The Labute approximate surface area is 143 Å². The van der Waals surface area contributed by atoms with E-state index in [1.54, 1.807) is 25.6 Å². The standard InChI is InChI=1S/C15H20N4O2S.ClH/c1-11-15(12(2)18(3)17-11)22(20,21)19-9-8-16-10-13-6-4-5-7-14(13)19;/h4-7,16H,8-10H2,1-3H3;1H. The molecule has 0 saturated carbocycles. The molecule has 6 nitrogen and oxygen atoms in total. The van der Waals surface area contributed by atoms with Crippen LogP contribution in [0.2, 0.25) is 0 Å². The van der Waals surface area contributed by atoms with Gasteiger partial charge in [0.25, 0.3) is 10.0 Å². The maximum Gasteiger partial charge on any atom is 0.268 e. The van der Waals surface area contributed by atoms with Crippen molar-refractivity contribution in [2.24, 2.45) is 7.05 Å². The second kappa shape index (κ2) is 6.51. The third kappa shape index (κ3) is 2.96. The topological polar surface area (TPSA) is 67.2 Å². The Hall–Kier alpha value is -1.57. The van der Waals surface area contributed by atoms with Crippen LogP contribution in [0.15, 0.2) is 29.2 Å². The fraction of sp³-hybridized carbons (Fsp3) is 0.400. The van der Waals surface area contributed by atoms with Crippen molar-refractivity contribution in [3.05, 3.63) is 41.2 Å². The first-order chi connectivity index (χ1) is 10.4. The van der Waals surface area contributed by atoms with E-state index in [1.807, 2.05) is 24.3 Å². The van der Waals surface area contributed by atoms with Crippen LogP contribution in [0.1, 0.15) is 17.0 Å². The molecule has 0 bridgehead atoms. The normalized spacial score (nSPS) is 14.8. The predicted molar refractivity (Wildman–Crippen MR) is 92.6 cm³/mol. The van der Waals surface area contributed by atoms with Crippen LogP contribution in [0.4, 0.5) is 5.69 Å². The fourth-order valence-electron chi connectivity index (χ4n) is 2.92. The van der Waals surface area contributed by atoms with Crippen LogP contribution < -0.4 is 9.62 Å². The van der Waals surface area contributed by atoms with Crippen LogP contribution >= 0.6 is 12.4 Å². The van der Waals surface area contributed by atoms with Crippen molar-refractivity contribution in [2.45, 2.75) is 25.3 Å². The molecule has 0 radical (unpaired) electrons. The number of hydrogen-bond donors (Lipinski definition) is 1. The number of hydrogen-bond acceptors (Lipinski definition) is 4. The first-order valence-electron chi connectivity index (χ1n) is 7.24. The summed E-state index contributed by atoms with van der Waals surface area (Å²) in [6.07, 6.45) is 0. The molecule has 8 heteroatoms. The molecule has 0 amide bonds. The molecule has 1 N–H and O–H groups in total. The van der Waals surface area contributed by atoms with Crippen molar-refractivity contribution in [1.82, 2.24) is 15.1 Å². The summed E-state index contributed by atoms with van der Waals surface area (Å²) in [5.41, 5.74) is 2.93. The highest BCUT2D eigenvalue weighted by molar-refractivity contribution is 7.93. The largest absolute Gasteiger partial charge is 0.311 e. The summed E-state index contributed by atoms with van der Waals surface area (Å²) in [6, 6.07) is 7.62. The van der Waals surface area contributed by atoms with Gasteiger partial charge in [0.1, 0.15) is 4.90 Å². The molecular formula is C15H21ClN4O2S. The minimum absolute atomic E-state index is 0. The van der Waals surface area contributed by atoms with E-state index in [0.29, 0.717) is 35.9 Å². The summed E-state index contributed by atoms with van der Waals surface area (Å²) >= 11 is 0. The van der Waals surface area contributed by atoms with Gasteiger partial charge in [-0.25, -0.2) is 8.42 Å². The SMILES string of the molecule is Cc1nn(C)c(C)c1S(=O)(=O)N1CCNCc2ccccc21.Cl. The molecule has 2 heterocycles. The number of aromatic nitrogens is 2. The third-order valence-corrected chi connectivity index (χ3v) is 6.12. The third-order valence-electron chi connectivity index (χ3n) is 4.06. The summed E-state index contributed by atoms with van der Waals surface area (Å²) in [5, 5.41) is 7.51. The van der Waals surface area contributed by atoms with Gasteiger partial charge in [0.2, 0.25) is 0 Å². The Balaban J connectivity index is 0.00000192. The van der Waals surface area contributed by atoms with Crippen molar-refractivity contribution in [2.75, 3.05) is 17.4 Å². The van der Waals surface area contributed by atoms with Crippen LogP contribution in [0.25, 0.3) is 0 Å². The highest BCUT2D eigenvalue weighted by atomic mass is 35.5. The van der Waals surface area contributed by atoms with E-state index >= 15 is 0 Å². The van der Waals surface area contributed by atoms with Crippen molar-refractivity contribution >= 4 is 28.1 Å². The average molecular weight is 357 g/mol. The molecule has 0 saturated heterocycles. The Bertz CT molecular complexity index is 817. The predicted octanol–water partition coefficient (Wildman–Crippen LogP) is 1.76. The zero-order valence-electron chi connectivity index (χ0n) is 13.4. The van der Waals surface area contributed by atoms with Gasteiger partial charge in [0, 0.05) is 26.7 Å². The summed E-state index contributed by atoms with van der Waals surface area (Å²) in [6.45, 7) is 5.23. The van der Waals surface area contributed by atoms with E-state index in [4.69, 9.17) is 0 Å². The minimum atomic E-state index is -3.63. The zero-order chi connectivity index (χ0) is 15.9. The van der Waals surface area contributed by atoms with Gasteiger partial charge in [-0.15, -0.1) is 12.4 Å². The lowest BCUT2D eigenvalue weighted by atomic mass is 10.2. The van der Waals surface area contributed by atoms with Gasteiger partial charge in [-0.3, -0.25) is 8.99 Å². The lowest BCUT2D eigenvalue weighted by Gasteiger charge is -2.24. The second-order valence-corrected chi connectivity index (χ2v) is 7.31. The van der Waals surface area contributed by atoms with E-state index in [0.717, 1.165) is 11.3 Å². The number of anilines is 1. The van der Waals surface area contributed by atoms with Crippen LogP contribution in [0.3, 0.4) is 0 Å². The monoisotopic (exact) mass is 356 g/mol. The van der Waals surface area contributed by atoms with E-state index in [2.05, 4.69) is 10.4 Å². The maximum atomic E-state index is 13.2. The first-order valence-corrected chi connectivity index (χ1v) is 8.68. The number of fused-ring (bicyclic) bond motifs is 1. The molecule has 126 valence electrons. The highest BCUT2D eigenvalue weighted by Gasteiger charge is 2.32. The van der Waals surface area contributed by atoms with Crippen LogP contribution in [0.5, 0.6) is 0 Å². The quantitative estimate of drug-likeness (QED) is 0.890. The van der Waals surface area contributed by atoms with Crippen molar-refractivity contribution < 1.29 is 8.42 Å². The maximum absolute atomic E-state index is 13.2. The molecule has 1 aromatic carbocycles. The fourth-order valence-corrected chi connectivity index (χ4v) is 4.82.